The number of amides is 4. The van der Waals surface area contributed by atoms with Crippen molar-refractivity contribution in [3.8, 4) is 5.75 Å². The van der Waals surface area contributed by atoms with Crippen LogP contribution in [0, 0.1) is 23.2 Å². The maximum atomic E-state index is 14.6. The van der Waals surface area contributed by atoms with E-state index in [0.717, 1.165) is 10.6 Å². The van der Waals surface area contributed by atoms with Gasteiger partial charge in [0.15, 0.2) is 0 Å². The van der Waals surface area contributed by atoms with Crippen LogP contribution in [0.1, 0.15) is 100.0 Å². The Morgan fingerprint density at radius 2 is 1.66 bits per heavy atom. The van der Waals surface area contributed by atoms with Gasteiger partial charge in [0.05, 0.1) is 24.3 Å². The molecule has 2 bridgehead atoms. The first-order valence-electron chi connectivity index (χ1n) is 21.2. The minimum atomic E-state index is -1.03. The van der Waals surface area contributed by atoms with Gasteiger partial charge in [-0.1, -0.05) is 73.1 Å². The molecule has 328 valence electrons. The third-order valence-electron chi connectivity index (χ3n) is 12.4. The van der Waals surface area contributed by atoms with Gasteiger partial charge >= 0.3 is 5.97 Å². The number of aliphatic hydroxyl groups is 1. The predicted octanol–water partition coefficient (Wildman–Crippen LogP) is 5.28. The molecule has 59 heavy (non-hydrogen) atoms. The fourth-order valence-corrected chi connectivity index (χ4v) is 9.25. The number of benzene rings is 1. The van der Waals surface area contributed by atoms with E-state index in [2.05, 4.69) is 5.32 Å². The molecule has 3 aliphatic heterocycles. The monoisotopic (exact) mass is 839 g/mol. The Morgan fingerprint density at radius 3 is 2.27 bits per heavy atom. The molecule has 0 saturated carbocycles. The molecule has 1 fully saturated rings. The minimum Gasteiger partial charge on any atom is -0.497 e. The number of fused-ring (bicyclic) bond motifs is 2. The number of carbonyl (C=O) groups excluding carboxylic acids is 5. The van der Waals surface area contributed by atoms with Crippen molar-refractivity contribution in [1.29, 1.82) is 0 Å². The fraction of sp³-hybridized carbons (Fsp3) is 0.689. The number of aliphatic imine (C=N–C) groups is 1. The van der Waals surface area contributed by atoms with Crippen molar-refractivity contribution in [2.75, 3.05) is 33.5 Å². The van der Waals surface area contributed by atoms with Crippen LogP contribution < -0.4 is 10.1 Å². The summed E-state index contributed by atoms with van der Waals surface area (Å²) >= 11 is 1.56. The number of nitrogens with zero attached hydrogens (tertiary/aromatic N) is 4. The number of hydrogen-bond acceptors (Lipinski definition) is 10. The minimum absolute atomic E-state index is 0.00274. The van der Waals surface area contributed by atoms with E-state index >= 15 is 0 Å². The number of esters is 1. The molecule has 1 saturated heterocycles. The van der Waals surface area contributed by atoms with Gasteiger partial charge in [0, 0.05) is 44.3 Å². The lowest BCUT2D eigenvalue weighted by Gasteiger charge is -2.39. The number of carbonyl (C=O) groups is 5. The quantitative estimate of drug-likeness (QED) is 0.377. The van der Waals surface area contributed by atoms with Crippen molar-refractivity contribution in [3.63, 3.8) is 0 Å². The van der Waals surface area contributed by atoms with Crippen LogP contribution in [0.15, 0.2) is 40.9 Å². The van der Waals surface area contributed by atoms with Crippen molar-refractivity contribution in [2.45, 2.75) is 143 Å². The fourth-order valence-electron chi connectivity index (χ4n) is 8.11. The highest BCUT2D eigenvalue weighted by molar-refractivity contribution is 8.14. The number of thioether (sulfide) groups is 1. The molecule has 3 heterocycles. The molecular formula is C45H69N5O8S. The zero-order valence-electron chi connectivity index (χ0n) is 37.3. The first-order chi connectivity index (χ1) is 27.7. The summed E-state index contributed by atoms with van der Waals surface area (Å²) in [6.45, 7) is 17.6. The van der Waals surface area contributed by atoms with Crippen LogP contribution in [0.2, 0.25) is 0 Å². The van der Waals surface area contributed by atoms with Crippen LogP contribution >= 0.6 is 11.8 Å². The molecule has 4 rings (SSSR count). The Balaban J connectivity index is 1.74. The summed E-state index contributed by atoms with van der Waals surface area (Å²) < 4.78 is 11.6. The van der Waals surface area contributed by atoms with Crippen LogP contribution in [0.3, 0.4) is 0 Å². The lowest BCUT2D eigenvalue weighted by atomic mass is 9.81. The van der Waals surface area contributed by atoms with E-state index in [1.54, 1.807) is 62.9 Å². The average molecular weight is 840 g/mol. The molecule has 4 amide bonds. The van der Waals surface area contributed by atoms with Gasteiger partial charge in [-0.3, -0.25) is 24.2 Å². The summed E-state index contributed by atoms with van der Waals surface area (Å²) in [4.78, 5) is 80.4. The van der Waals surface area contributed by atoms with Crippen molar-refractivity contribution >= 4 is 46.4 Å². The molecule has 0 aliphatic carbocycles. The summed E-state index contributed by atoms with van der Waals surface area (Å²) in [5.74, 6) is -1.41. The van der Waals surface area contributed by atoms with E-state index in [-0.39, 0.29) is 36.1 Å². The second-order valence-corrected chi connectivity index (χ2v) is 19.1. The molecule has 0 spiro atoms. The second-order valence-electron chi connectivity index (χ2n) is 18.1. The summed E-state index contributed by atoms with van der Waals surface area (Å²) in [6, 6.07) is 3.19. The molecule has 2 N–H and O–H groups in total. The van der Waals surface area contributed by atoms with Crippen LogP contribution in [0.5, 0.6) is 5.75 Å². The smallest absolute Gasteiger partial charge is 0.329 e. The van der Waals surface area contributed by atoms with E-state index in [1.807, 2.05) is 60.6 Å². The highest BCUT2D eigenvalue weighted by Crippen LogP contribution is 2.34. The third kappa shape index (κ3) is 11.9. The first kappa shape index (κ1) is 47.8. The van der Waals surface area contributed by atoms with Gasteiger partial charge in [0.2, 0.25) is 23.6 Å². The zero-order chi connectivity index (χ0) is 43.9. The van der Waals surface area contributed by atoms with Crippen molar-refractivity contribution in [1.82, 2.24) is 20.0 Å². The lowest BCUT2D eigenvalue weighted by molar-refractivity contribution is -0.166. The van der Waals surface area contributed by atoms with E-state index in [4.69, 9.17) is 14.5 Å². The van der Waals surface area contributed by atoms with Gasteiger partial charge in [-0.15, -0.1) is 11.8 Å². The van der Waals surface area contributed by atoms with Crippen LogP contribution in [-0.4, -0.2) is 130 Å². The van der Waals surface area contributed by atoms with Gasteiger partial charge in [-0.2, -0.15) is 0 Å². The Morgan fingerprint density at radius 1 is 1.00 bits per heavy atom. The number of cyclic esters (lactones) is 1. The number of hydrogen-bond donors (Lipinski definition) is 2. The summed E-state index contributed by atoms with van der Waals surface area (Å²) in [6.07, 6.45) is 3.41. The molecule has 10 atom stereocenters. The molecule has 14 heteroatoms. The van der Waals surface area contributed by atoms with E-state index in [1.165, 1.54) is 16.8 Å². The number of methoxy groups -OCH3 is 1. The molecule has 1 aromatic rings. The third-order valence-corrected chi connectivity index (χ3v) is 13.7. The Kier molecular flexibility index (Phi) is 16.7. The molecule has 0 unspecified atom stereocenters. The molecule has 1 aromatic carbocycles. The number of nitrogens with one attached hydrogen (secondary N) is 1. The summed E-state index contributed by atoms with van der Waals surface area (Å²) in [5, 5.41) is 15.2. The van der Waals surface area contributed by atoms with Gasteiger partial charge in [-0.25, -0.2) is 4.79 Å². The molecule has 0 aromatic heterocycles. The molecular weight excluding hydrogens is 771 g/mol. The molecule has 3 aliphatic rings. The van der Waals surface area contributed by atoms with Crippen molar-refractivity contribution in [3.05, 3.63) is 41.5 Å². The number of ether oxygens (including phenoxy) is 2. The maximum absolute atomic E-state index is 14.6. The molecule has 13 nitrogen and oxygen atoms in total. The highest BCUT2D eigenvalue weighted by Gasteiger charge is 2.44. The SMILES string of the molecule is CC[C@H](C)[C@@H]1C(=O)N2CCC[C@H]2C(=O)O[C@H](C(C)(C)C)C[C@@H](C)C[C@H](O)[C@H](C)C2=N[C@@H](/C=C(\C)C(=O)N[C@@H](Cc3ccc(OC)cc3)C(=O)N(C)[C@@H](C)C(=O)N1C)CS2. The highest BCUT2D eigenvalue weighted by atomic mass is 32.2. The Hall–Kier alpha value is -3.91. The first-order valence-corrected chi connectivity index (χ1v) is 22.2. The predicted molar refractivity (Wildman–Crippen MR) is 232 cm³/mol. The topological polar surface area (TPSA) is 158 Å². The van der Waals surface area contributed by atoms with E-state index < -0.39 is 65.5 Å². The van der Waals surface area contributed by atoms with Crippen LogP contribution in [-0.2, 0) is 35.1 Å². The van der Waals surface area contributed by atoms with Gasteiger partial charge < -0.3 is 34.6 Å². The largest absolute Gasteiger partial charge is 0.497 e. The van der Waals surface area contributed by atoms with Crippen LogP contribution in [0.25, 0.3) is 0 Å². The number of aliphatic hydroxyl groups excluding tert-OH is 1. The Labute approximate surface area is 356 Å². The standard InChI is InChI=1S/C45H69N5O8S/c1-13-27(3)38-43(55)50-20-14-15-35(50)44(56)58-37(45(7,8)9)22-26(2)21-36(51)29(5)40-46-32(25-59-40)23-28(4)39(52)47-34(24-31-16-18-33(57-12)19-17-31)42(54)48(10)30(6)41(53)49(38)11/h16-19,23,26-27,29-30,32,34-38,51H,13-15,20-22,24-25H2,1-12H3,(H,47,52)/b28-23+/t26-,27-,29-,30-,32-,34-,35-,36-,37-,38+/m0/s1. The van der Waals surface area contributed by atoms with Crippen LogP contribution in [0.4, 0.5) is 0 Å². The van der Waals surface area contributed by atoms with Gasteiger partial charge in [-0.05, 0) is 74.5 Å². The second kappa shape index (κ2) is 20.6. The van der Waals surface area contributed by atoms with E-state index in [0.29, 0.717) is 55.7 Å². The maximum Gasteiger partial charge on any atom is 0.329 e. The van der Waals surface area contributed by atoms with Gasteiger partial charge in [0.25, 0.3) is 0 Å². The Bertz CT molecular complexity index is 1730. The number of likely N-dealkylation sites (N-methyl/N-ethyl adjacent to an activating group) is 2. The van der Waals surface area contributed by atoms with E-state index in [9.17, 15) is 29.1 Å². The van der Waals surface area contributed by atoms with Crippen molar-refractivity contribution in [2.24, 2.45) is 28.2 Å². The molecule has 0 radical (unpaired) electrons. The summed E-state index contributed by atoms with van der Waals surface area (Å²) in [5.41, 5.74) is 0.758. The zero-order valence-corrected chi connectivity index (χ0v) is 38.1. The van der Waals surface area contributed by atoms with Crippen molar-refractivity contribution < 1.29 is 38.6 Å². The summed E-state index contributed by atoms with van der Waals surface area (Å²) in [7, 11) is 4.67. The normalized spacial score (nSPS) is 31.6. The van der Waals surface area contributed by atoms with Gasteiger partial charge in [0.1, 0.15) is 36.0 Å². The average Bonchev–Trinajstić information content (AvgIpc) is 3.89. The number of rotatable bonds is 5. The lowest BCUT2D eigenvalue weighted by Crippen LogP contribution is -2.59.